The average Bonchev–Trinajstić information content (AvgIpc) is 2.50. The first-order valence-electron chi connectivity index (χ1n) is 8.99. The lowest BCUT2D eigenvalue weighted by molar-refractivity contribution is -0.142. The fourth-order valence-corrected chi connectivity index (χ4v) is 2.81. The zero-order valence-electron chi connectivity index (χ0n) is 16.1. The first-order chi connectivity index (χ1) is 11.7. The smallest absolute Gasteiger partial charge is 0.314 e. The molecule has 0 spiro atoms. The molecule has 140 valence electrons. The molecule has 1 rings (SSSR count). The highest BCUT2D eigenvalue weighted by atomic mass is 16.5. The number of allylic oxidation sites excluding steroid dienone is 5. The third-order valence-corrected chi connectivity index (χ3v) is 4.73. The van der Waals surface area contributed by atoms with Crippen LogP contribution in [0.25, 0.3) is 0 Å². The summed E-state index contributed by atoms with van der Waals surface area (Å²) in [6.45, 7) is 10.6. The van der Waals surface area contributed by atoms with Crippen LogP contribution in [0.1, 0.15) is 60.3 Å². The number of carboxylic acids is 1. The van der Waals surface area contributed by atoms with Gasteiger partial charge in [0.2, 0.25) is 0 Å². The monoisotopic (exact) mass is 348 g/mol. The van der Waals surface area contributed by atoms with Crippen molar-refractivity contribution in [2.24, 2.45) is 11.8 Å². The Labute approximate surface area is 151 Å². The first-order valence-corrected chi connectivity index (χ1v) is 8.99. The van der Waals surface area contributed by atoms with Crippen molar-refractivity contribution in [1.82, 2.24) is 0 Å². The van der Waals surface area contributed by atoms with E-state index in [9.17, 15) is 15.0 Å². The topological polar surface area (TPSA) is 66.8 Å². The molecule has 0 aromatic heterocycles. The van der Waals surface area contributed by atoms with Gasteiger partial charge in [-0.15, -0.1) is 0 Å². The van der Waals surface area contributed by atoms with Crippen molar-refractivity contribution < 1.29 is 19.7 Å². The van der Waals surface area contributed by atoms with Gasteiger partial charge in [-0.25, -0.2) is 0 Å². The molecule has 4 heteroatoms. The molecule has 0 aromatic carbocycles. The van der Waals surface area contributed by atoms with Crippen LogP contribution < -0.4 is 0 Å². The van der Waals surface area contributed by atoms with Crippen LogP contribution in [0.5, 0.6) is 0 Å². The number of aliphatic hydroxyl groups excluding tert-OH is 1. The van der Waals surface area contributed by atoms with Gasteiger partial charge in [0.15, 0.2) is 0 Å². The van der Waals surface area contributed by atoms with Gasteiger partial charge < -0.3 is 14.9 Å². The Morgan fingerprint density at radius 1 is 1.20 bits per heavy atom. The molecule has 0 aromatic rings. The van der Waals surface area contributed by atoms with Crippen LogP contribution in [-0.4, -0.2) is 22.8 Å². The summed E-state index contributed by atoms with van der Waals surface area (Å²) in [6, 6.07) is 0. The number of rotatable bonds is 9. The second-order valence-electron chi connectivity index (χ2n) is 7.16. The second kappa shape index (κ2) is 10.1. The Balaban J connectivity index is 2.46. The van der Waals surface area contributed by atoms with Gasteiger partial charge in [-0.3, -0.25) is 4.79 Å². The number of aliphatic hydroxyl groups is 1. The van der Waals surface area contributed by atoms with E-state index in [1.54, 1.807) is 13.0 Å². The Bertz CT molecular complexity index is 589. The number of unbranched alkanes of at least 4 members (excludes halogenated alkanes) is 1. The summed E-state index contributed by atoms with van der Waals surface area (Å²) in [7, 11) is 0. The Morgan fingerprint density at radius 2 is 1.84 bits per heavy atom. The van der Waals surface area contributed by atoms with Gasteiger partial charge in [-0.2, -0.15) is 0 Å². The lowest BCUT2D eigenvalue weighted by Crippen LogP contribution is -2.26. The highest BCUT2D eigenvalue weighted by Crippen LogP contribution is 2.29. The van der Waals surface area contributed by atoms with Crippen LogP contribution in [0.2, 0.25) is 0 Å². The van der Waals surface area contributed by atoms with Crippen LogP contribution in [0, 0.1) is 11.8 Å². The zero-order chi connectivity index (χ0) is 19.0. The van der Waals surface area contributed by atoms with Crippen LogP contribution in [0.3, 0.4) is 0 Å². The van der Waals surface area contributed by atoms with Crippen molar-refractivity contribution in [3.8, 4) is 0 Å². The normalized spacial score (nSPS) is 20.6. The van der Waals surface area contributed by atoms with Gasteiger partial charge in [-0.05, 0) is 71.4 Å². The van der Waals surface area contributed by atoms with Crippen LogP contribution in [0.4, 0.5) is 0 Å². The van der Waals surface area contributed by atoms with Crippen molar-refractivity contribution in [2.45, 2.75) is 60.3 Å². The molecule has 0 aliphatic heterocycles. The number of hydrogen-bond acceptors (Lipinski definition) is 3. The maximum atomic E-state index is 11.4. The van der Waals surface area contributed by atoms with E-state index in [1.165, 1.54) is 29.2 Å². The zero-order valence-corrected chi connectivity index (χ0v) is 16.1. The molecule has 2 N–H and O–H groups in total. The van der Waals surface area contributed by atoms with E-state index in [0.29, 0.717) is 12.4 Å². The van der Waals surface area contributed by atoms with E-state index in [4.69, 9.17) is 4.74 Å². The number of aliphatic carboxylic acids is 1. The van der Waals surface area contributed by atoms with Crippen LogP contribution in [-0.2, 0) is 9.53 Å². The molecule has 2 unspecified atom stereocenters. The van der Waals surface area contributed by atoms with Gasteiger partial charge in [-0.1, -0.05) is 23.6 Å². The molecule has 25 heavy (non-hydrogen) atoms. The predicted molar refractivity (Wildman–Crippen MR) is 101 cm³/mol. The number of carbonyl (C=O) groups is 1. The predicted octanol–water partition coefficient (Wildman–Crippen LogP) is 5.54. The Kier molecular flexibility index (Phi) is 8.53. The summed E-state index contributed by atoms with van der Waals surface area (Å²) in [6.07, 6.45) is 9.41. The maximum Gasteiger partial charge on any atom is 0.314 e. The Morgan fingerprint density at radius 3 is 2.44 bits per heavy atom. The van der Waals surface area contributed by atoms with Crippen molar-refractivity contribution in [3.05, 3.63) is 46.5 Å². The van der Waals surface area contributed by atoms with Gasteiger partial charge in [0.05, 0.1) is 0 Å². The molecule has 1 aliphatic rings. The van der Waals surface area contributed by atoms with E-state index in [2.05, 4.69) is 27.7 Å². The lowest BCUT2D eigenvalue weighted by atomic mass is 9.87. The minimum Gasteiger partial charge on any atom is -0.508 e. The molecule has 2 atom stereocenters. The van der Waals surface area contributed by atoms with E-state index < -0.39 is 11.9 Å². The van der Waals surface area contributed by atoms with Gasteiger partial charge >= 0.3 is 5.97 Å². The summed E-state index contributed by atoms with van der Waals surface area (Å²) in [5.41, 5.74) is 4.11. The fourth-order valence-electron chi connectivity index (χ4n) is 2.81. The minimum atomic E-state index is -0.933. The molecule has 0 saturated carbocycles. The van der Waals surface area contributed by atoms with Crippen LogP contribution in [0.15, 0.2) is 46.5 Å². The van der Waals surface area contributed by atoms with E-state index >= 15 is 0 Å². The van der Waals surface area contributed by atoms with Crippen molar-refractivity contribution in [2.75, 3.05) is 6.61 Å². The second-order valence-corrected chi connectivity index (χ2v) is 7.16. The summed E-state index contributed by atoms with van der Waals surface area (Å²) in [5.74, 6) is -1.58. The van der Waals surface area contributed by atoms with Crippen molar-refractivity contribution >= 4 is 5.97 Å². The third kappa shape index (κ3) is 7.20. The quantitative estimate of drug-likeness (QED) is 0.424. The third-order valence-electron chi connectivity index (χ3n) is 4.73. The molecule has 4 nitrogen and oxygen atoms in total. The largest absolute Gasteiger partial charge is 0.508 e. The maximum absolute atomic E-state index is 11.4. The Hall–Kier alpha value is -1.97. The van der Waals surface area contributed by atoms with Gasteiger partial charge in [0, 0.05) is 6.08 Å². The van der Waals surface area contributed by atoms with Gasteiger partial charge in [0.25, 0.3) is 0 Å². The highest BCUT2D eigenvalue weighted by Gasteiger charge is 2.32. The molecule has 0 heterocycles. The standard InChI is InChI=1S/C21H32O4/c1-14(2)16(4)9-7-6-8-15(3)10-11-25-19-13-18(22)12-17(5)20(19)21(23)24/h10,12-13,17,20,22H,6-9,11H2,1-5H3,(H,23,24)/b15-10+. The summed E-state index contributed by atoms with van der Waals surface area (Å²) < 4.78 is 5.64. The molecular weight excluding hydrogens is 316 g/mol. The van der Waals surface area contributed by atoms with E-state index in [1.807, 2.05) is 6.08 Å². The summed E-state index contributed by atoms with van der Waals surface area (Å²) in [5, 5.41) is 19.0. The number of ether oxygens (including phenoxy) is 1. The summed E-state index contributed by atoms with van der Waals surface area (Å²) >= 11 is 0. The molecule has 0 bridgehead atoms. The molecule has 0 fully saturated rings. The fraction of sp³-hybridized carbons (Fsp3) is 0.571. The SMILES string of the molecule is CC(C)=C(C)CCCC/C(C)=C/COC1=CC(O)=CC(C)C1C(=O)O. The van der Waals surface area contributed by atoms with E-state index in [0.717, 1.165) is 19.3 Å². The average molecular weight is 348 g/mol. The molecule has 0 amide bonds. The van der Waals surface area contributed by atoms with Crippen LogP contribution >= 0.6 is 0 Å². The number of hydrogen-bond donors (Lipinski definition) is 2. The molecule has 1 aliphatic carbocycles. The lowest BCUT2D eigenvalue weighted by Gasteiger charge is -2.24. The first kappa shape index (κ1) is 21.1. The minimum absolute atomic E-state index is 0.0651. The van der Waals surface area contributed by atoms with Crippen molar-refractivity contribution in [1.29, 1.82) is 0 Å². The molecule has 0 radical (unpaired) electrons. The number of carboxylic acid groups (broad SMARTS) is 1. The van der Waals surface area contributed by atoms with E-state index in [-0.39, 0.29) is 11.7 Å². The van der Waals surface area contributed by atoms with Gasteiger partial charge in [0.1, 0.15) is 24.0 Å². The molecular formula is C21H32O4. The molecule has 0 saturated heterocycles. The summed E-state index contributed by atoms with van der Waals surface area (Å²) in [4.78, 5) is 11.4. The highest BCUT2D eigenvalue weighted by molar-refractivity contribution is 5.74. The van der Waals surface area contributed by atoms with Crippen molar-refractivity contribution in [3.63, 3.8) is 0 Å².